The highest BCUT2D eigenvalue weighted by atomic mass is 16.5. The maximum Gasteiger partial charge on any atom is 0.203 e. The van der Waals surface area contributed by atoms with Gasteiger partial charge in [0.1, 0.15) is 0 Å². The second-order valence-electron chi connectivity index (χ2n) is 6.22. The molecule has 1 aliphatic carbocycles. The lowest BCUT2D eigenvalue weighted by molar-refractivity contribution is 0.322. The van der Waals surface area contributed by atoms with Gasteiger partial charge in [0.05, 0.1) is 21.3 Å². The van der Waals surface area contributed by atoms with E-state index in [2.05, 4.69) is 15.6 Å². The van der Waals surface area contributed by atoms with E-state index in [1.165, 1.54) is 32.1 Å². The number of hydrogen-bond acceptors (Lipinski definition) is 4. The number of rotatable bonds is 7. The second-order valence-corrected chi connectivity index (χ2v) is 6.22. The summed E-state index contributed by atoms with van der Waals surface area (Å²) >= 11 is 0. The zero-order chi connectivity index (χ0) is 18.1. The van der Waals surface area contributed by atoms with Crippen LogP contribution >= 0.6 is 0 Å². The van der Waals surface area contributed by atoms with Crippen LogP contribution in [0, 0.1) is 0 Å². The summed E-state index contributed by atoms with van der Waals surface area (Å²) < 4.78 is 16.3. The van der Waals surface area contributed by atoms with Crippen LogP contribution in [0.25, 0.3) is 0 Å². The first-order valence-corrected chi connectivity index (χ1v) is 8.98. The Morgan fingerprint density at radius 3 is 2.36 bits per heavy atom. The van der Waals surface area contributed by atoms with Crippen LogP contribution in [0.1, 0.15) is 37.7 Å². The molecule has 0 aliphatic heterocycles. The van der Waals surface area contributed by atoms with Gasteiger partial charge in [0.25, 0.3) is 0 Å². The number of guanidine groups is 1. The lowest BCUT2D eigenvalue weighted by Gasteiger charge is -2.25. The van der Waals surface area contributed by atoms with Crippen LogP contribution in [-0.2, 0) is 6.42 Å². The topological polar surface area (TPSA) is 64.1 Å². The van der Waals surface area contributed by atoms with E-state index in [-0.39, 0.29) is 0 Å². The number of nitrogens with one attached hydrogen (secondary N) is 2. The van der Waals surface area contributed by atoms with Crippen LogP contribution < -0.4 is 24.8 Å². The predicted molar refractivity (Wildman–Crippen MR) is 101 cm³/mol. The Morgan fingerprint density at radius 1 is 1.04 bits per heavy atom. The van der Waals surface area contributed by atoms with Gasteiger partial charge in [-0.3, -0.25) is 4.99 Å². The molecule has 0 unspecified atom stereocenters. The summed E-state index contributed by atoms with van der Waals surface area (Å²) in [6.07, 6.45) is 7.21. The summed E-state index contributed by atoms with van der Waals surface area (Å²) in [4.78, 5) is 4.34. The first-order valence-electron chi connectivity index (χ1n) is 8.98. The first kappa shape index (κ1) is 19.2. The lowest BCUT2D eigenvalue weighted by Crippen LogP contribution is -2.44. The fourth-order valence-electron chi connectivity index (χ4n) is 3.31. The van der Waals surface area contributed by atoms with Crippen molar-refractivity contribution in [3.05, 3.63) is 17.7 Å². The normalized spacial score (nSPS) is 15.6. The van der Waals surface area contributed by atoms with Crippen molar-refractivity contribution in [1.29, 1.82) is 0 Å². The van der Waals surface area contributed by atoms with Crippen LogP contribution in [-0.4, -0.2) is 46.9 Å². The van der Waals surface area contributed by atoms with Gasteiger partial charge < -0.3 is 24.8 Å². The Kier molecular flexibility index (Phi) is 7.70. The minimum Gasteiger partial charge on any atom is -0.493 e. The molecule has 0 spiro atoms. The highest BCUT2D eigenvalue weighted by molar-refractivity contribution is 5.80. The Morgan fingerprint density at radius 2 is 1.76 bits per heavy atom. The van der Waals surface area contributed by atoms with E-state index in [1.54, 1.807) is 21.3 Å². The monoisotopic (exact) mass is 349 g/mol. The molecular formula is C19H31N3O3. The average molecular weight is 349 g/mol. The van der Waals surface area contributed by atoms with Crippen LogP contribution in [0.15, 0.2) is 17.1 Å². The third kappa shape index (κ3) is 5.18. The van der Waals surface area contributed by atoms with E-state index in [0.29, 0.717) is 17.5 Å². The molecule has 25 heavy (non-hydrogen) atoms. The number of ether oxygens (including phenoxy) is 3. The maximum absolute atomic E-state index is 5.54. The van der Waals surface area contributed by atoms with Crippen molar-refractivity contribution in [1.82, 2.24) is 10.6 Å². The predicted octanol–water partition coefficient (Wildman–Crippen LogP) is 2.75. The van der Waals surface area contributed by atoms with Gasteiger partial charge in [-0.2, -0.15) is 0 Å². The quantitative estimate of drug-likeness (QED) is 0.585. The molecule has 0 heterocycles. The van der Waals surface area contributed by atoms with Crippen LogP contribution in [0.5, 0.6) is 17.2 Å². The molecule has 6 heteroatoms. The third-order valence-corrected chi connectivity index (χ3v) is 4.64. The molecule has 1 fully saturated rings. The van der Waals surface area contributed by atoms with Crippen molar-refractivity contribution in [3.63, 3.8) is 0 Å². The number of methoxy groups -OCH3 is 3. The Labute approximate surface area is 151 Å². The summed E-state index contributed by atoms with van der Waals surface area (Å²) in [5, 5.41) is 6.92. The smallest absolute Gasteiger partial charge is 0.203 e. The van der Waals surface area contributed by atoms with Gasteiger partial charge in [-0.15, -0.1) is 0 Å². The molecule has 0 atom stereocenters. The molecule has 6 nitrogen and oxygen atoms in total. The molecule has 0 amide bonds. The Hall–Kier alpha value is -2.11. The number of nitrogens with zero attached hydrogens (tertiary/aromatic N) is 1. The summed E-state index contributed by atoms with van der Waals surface area (Å²) in [5.41, 5.74) is 1.07. The van der Waals surface area contributed by atoms with Crippen LogP contribution in [0.2, 0.25) is 0 Å². The largest absolute Gasteiger partial charge is 0.493 e. The van der Waals surface area contributed by atoms with Crippen molar-refractivity contribution in [2.45, 2.75) is 44.6 Å². The van der Waals surface area contributed by atoms with Crippen LogP contribution in [0.4, 0.5) is 0 Å². The summed E-state index contributed by atoms with van der Waals surface area (Å²) in [6, 6.07) is 4.46. The molecule has 0 saturated heterocycles. The molecule has 2 rings (SSSR count). The highest BCUT2D eigenvalue weighted by Gasteiger charge is 2.16. The van der Waals surface area contributed by atoms with E-state index in [9.17, 15) is 0 Å². The van der Waals surface area contributed by atoms with Crippen molar-refractivity contribution >= 4 is 5.96 Å². The summed E-state index contributed by atoms with van der Waals surface area (Å²) in [7, 11) is 6.71. The van der Waals surface area contributed by atoms with E-state index >= 15 is 0 Å². The number of aliphatic imine (C=N–C) groups is 1. The van der Waals surface area contributed by atoms with Crippen molar-refractivity contribution < 1.29 is 14.2 Å². The first-order chi connectivity index (χ1) is 12.2. The zero-order valence-electron chi connectivity index (χ0n) is 15.9. The van der Waals surface area contributed by atoms with E-state index < -0.39 is 0 Å². The minimum atomic E-state index is 0.538. The minimum absolute atomic E-state index is 0.538. The van der Waals surface area contributed by atoms with Crippen LogP contribution in [0.3, 0.4) is 0 Å². The average Bonchev–Trinajstić information content (AvgIpc) is 2.67. The fraction of sp³-hybridized carbons (Fsp3) is 0.632. The number of benzene rings is 1. The van der Waals surface area contributed by atoms with Gasteiger partial charge >= 0.3 is 0 Å². The fourth-order valence-corrected chi connectivity index (χ4v) is 3.31. The highest BCUT2D eigenvalue weighted by Crippen LogP contribution is 2.39. The molecule has 1 saturated carbocycles. The van der Waals surface area contributed by atoms with Gasteiger partial charge in [-0.05, 0) is 25.3 Å². The van der Waals surface area contributed by atoms with Crippen molar-refractivity contribution in [2.24, 2.45) is 4.99 Å². The Balaban J connectivity index is 1.93. The van der Waals surface area contributed by atoms with Gasteiger partial charge in [-0.1, -0.05) is 25.3 Å². The molecule has 1 aliphatic rings. The van der Waals surface area contributed by atoms with Gasteiger partial charge in [0.2, 0.25) is 5.75 Å². The second kappa shape index (κ2) is 10.0. The lowest BCUT2D eigenvalue weighted by atomic mass is 9.96. The van der Waals surface area contributed by atoms with Gasteiger partial charge in [0, 0.05) is 25.2 Å². The van der Waals surface area contributed by atoms with Gasteiger partial charge in [0.15, 0.2) is 17.5 Å². The summed E-state index contributed by atoms with van der Waals surface area (Å²) in [6.45, 7) is 0.762. The van der Waals surface area contributed by atoms with E-state index in [0.717, 1.165) is 30.2 Å². The van der Waals surface area contributed by atoms with E-state index in [4.69, 9.17) is 14.2 Å². The summed E-state index contributed by atoms with van der Waals surface area (Å²) in [5.74, 6) is 2.89. The zero-order valence-corrected chi connectivity index (χ0v) is 15.9. The molecule has 0 aromatic heterocycles. The third-order valence-electron chi connectivity index (χ3n) is 4.64. The Bertz CT molecular complexity index is 569. The number of hydrogen-bond donors (Lipinski definition) is 2. The molecule has 1 aromatic rings. The van der Waals surface area contributed by atoms with Crippen molar-refractivity contribution in [2.75, 3.05) is 34.9 Å². The van der Waals surface area contributed by atoms with E-state index in [1.807, 2.05) is 19.2 Å². The molecule has 0 radical (unpaired) electrons. The molecule has 140 valence electrons. The maximum atomic E-state index is 5.54. The standard InChI is InChI=1S/C19H31N3O3/c1-20-19(22-15-8-6-5-7-9-15)21-13-12-14-10-11-16(23-2)18(25-4)17(14)24-3/h10-11,15H,5-9,12-13H2,1-4H3,(H2,20,21,22). The molecule has 0 bridgehead atoms. The SMILES string of the molecule is CN=C(NCCc1ccc(OC)c(OC)c1OC)NC1CCCCC1. The molecule has 1 aromatic carbocycles. The molecule has 2 N–H and O–H groups in total. The van der Waals surface area contributed by atoms with Crippen molar-refractivity contribution in [3.8, 4) is 17.2 Å². The molecular weight excluding hydrogens is 318 g/mol. The van der Waals surface area contributed by atoms with Gasteiger partial charge in [-0.25, -0.2) is 0 Å².